The van der Waals surface area contributed by atoms with Gasteiger partial charge in [-0.25, -0.2) is 4.79 Å². The molecular formula is C21H33N3O6. The summed E-state index contributed by atoms with van der Waals surface area (Å²) in [5.74, 6) is -1.23. The molecule has 1 unspecified atom stereocenters. The highest BCUT2D eigenvalue weighted by Crippen LogP contribution is 2.31. The molecule has 1 atom stereocenters. The molecule has 0 saturated carbocycles. The standard InChI is InChI=1S/C21H33N3O6/c1-13(2)23-19(28)17(15-9-7-8-14(3)18(15)27)24(10-11-25)16(26)12-22-20(29)30-21(4,5)6/h7-9,13,17,25,27H,10-12H2,1-6H3,(H,22,29)(H,23,28). The van der Waals surface area contributed by atoms with E-state index >= 15 is 0 Å². The van der Waals surface area contributed by atoms with Gasteiger partial charge in [0.25, 0.3) is 0 Å². The smallest absolute Gasteiger partial charge is 0.408 e. The van der Waals surface area contributed by atoms with Crippen molar-refractivity contribution in [3.8, 4) is 5.75 Å². The Labute approximate surface area is 177 Å². The molecule has 1 aromatic rings. The first-order valence-corrected chi connectivity index (χ1v) is 9.83. The van der Waals surface area contributed by atoms with Gasteiger partial charge in [0.05, 0.1) is 6.61 Å². The molecule has 3 amide bonds. The normalized spacial score (nSPS) is 12.3. The summed E-state index contributed by atoms with van der Waals surface area (Å²) >= 11 is 0. The van der Waals surface area contributed by atoms with E-state index in [1.165, 1.54) is 0 Å². The molecule has 0 saturated heterocycles. The summed E-state index contributed by atoms with van der Waals surface area (Å²) in [6, 6.07) is 3.50. The molecule has 0 aliphatic heterocycles. The Kier molecular flexibility index (Phi) is 9.10. The van der Waals surface area contributed by atoms with Crippen molar-refractivity contribution in [1.82, 2.24) is 15.5 Å². The van der Waals surface area contributed by atoms with E-state index < -0.39 is 42.7 Å². The highest BCUT2D eigenvalue weighted by Gasteiger charge is 2.33. The van der Waals surface area contributed by atoms with E-state index in [0.29, 0.717) is 5.56 Å². The van der Waals surface area contributed by atoms with Crippen LogP contribution in [-0.4, -0.2) is 64.4 Å². The molecule has 0 aliphatic carbocycles. The van der Waals surface area contributed by atoms with E-state index in [9.17, 15) is 24.6 Å². The number of aromatic hydroxyl groups is 1. The van der Waals surface area contributed by atoms with E-state index in [0.717, 1.165) is 4.90 Å². The van der Waals surface area contributed by atoms with Crippen molar-refractivity contribution in [3.63, 3.8) is 0 Å². The topological polar surface area (TPSA) is 128 Å². The van der Waals surface area contributed by atoms with Gasteiger partial charge < -0.3 is 30.5 Å². The molecular weight excluding hydrogens is 390 g/mol. The highest BCUT2D eigenvalue weighted by atomic mass is 16.6. The maximum atomic E-state index is 13.0. The number of hydrogen-bond acceptors (Lipinski definition) is 6. The summed E-state index contributed by atoms with van der Waals surface area (Å²) in [4.78, 5) is 38.9. The third kappa shape index (κ3) is 7.55. The molecule has 168 valence electrons. The van der Waals surface area contributed by atoms with Crippen LogP contribution in [0.1, 0.15) is 51.8 Å². The van der Waals surface area contributed by atoms with E-state index in [1.54, 1.807) is 59.7 Å². The number of hydrogen-bond donors (Lipinski definition) is 4. The number of phenols is 1. The molecule has 0 heterocycles. The van der Waals surface area contributed by atoms with Crippen LogP contribution in [0.3, 0.4) is 0 Å². The summed E-state index contributed by atoms with van der Waals surface area (Å²) in [5.41, 5.74) is 0.0376. The number of para-hydroxylation sites is 1. The molecule has 9 nitrogen and oxygen atoms in total. The number of aliphatic hydroxyl groups is 1. The van der Waals surface area contributed by atoms with Crippen molar-refractivity contribution in [3.05, 3.63) is 29.3 Å². The second-order valence-electron chi connectivity index (χ2n) is 8.24. The van der Waals surface area contributed by atoms with Gasteiger partial charge in [-0.15, -0.1) is 0 Å². The third-order valence-corrected chi connectivity index (χ3v) is 4.00. The van der Waals surface area contributed by atoms with Gasteiger partial charge in [0.15, 0.2) is 0 Å². The first-order chi connectivity index (χ1) is 13.9. The van der Waals surface area contributed by atoms with Crippen molar-refractivity contribution in [2.75, 3.05) is 19.7 Å². The number of rotatable bonds is 8. The average Bonchev–Trinajstić information content (AvgIpc) is 2.60. The number of amides is 3. The number of benzene rings is 1. The zero-order valence-electron chi connectivity index (χ0n) is 18.5. The van der Waals surface area contributed by atoms with Crippen LogP contribution in [0.2, 0.25) is 0 Å². The van der Waals surface area contributed by atoms with Crippen molar-refractivity contribution in [2.24, 2.45) is 0 Å². The second-order valence-corrected chi connectivity index (χ2v) is 8.24. The average molecular weight is 424 g/mol. The lowest BCUT2D eigenvalue weighted by molar-refractivity contribution is -0.141. The van der Waals surface area contributed by atoms with Crippen LogP contribution in [0.25, 0.3) is 0 Å². The van der Waals surface area contributed by atoms with Crippen molar-refractivity contribution < 1.29 is 29.3 Å². The molecule has 4 N–H and O–H groups in total. The quantitative estimate of drug-likeness (QED) is 0.503. The Morgan fingerprint density at radius 3 is 2.37 bits per heavy atom. The van der Waals surface area contributed by atoms with Crippen LogP contribution in [0.15, 0.2) is 18.2 Å². The molecule has 0 fully saturated rings. The maximum Gasteiger partial charge on any atom is 0.408 e. The highest BCUT2D eigenvalue weighted by molar-refractivity contribution is 5.91. The zero-order chi connectivity index (χ0) is 23.1. The van der Waals surface area contributed by atoms with Crippen molar-refractivity contribution >= 4 is 17.9 Å². The number of nitrogens with zero attached hydrogens (tertiary/aromatic N) is 1. The summed E-state index contributed by atoms with van der Waals surface area (Å²) in [6.45, 7) is 9.29. The van der Waals surface area contributed by atoms with Crippen LogP contribution >= 0.6 is 0 Å². The van der Waals surface area contributed by atoms with Crippen LogP contribution in [0.5, 0.6) is 5.75 Å². The number of carbonyl (C=O) groups excluding carboxylic acids is 3. The minimum absolute atomic E-state index is 0.114. The molecule has 0 aromatic heterocycles. The molecule has 30 heavy (non-hydrogen) atoms. The van der Waals surface area contributed by atoms with Crippen LogP contribution < -0.4 is 10.6 Å². The summed E-state index contributed by atoms with van der Waals surface area (Å²) in [6.07, 6.45) is -0.776. The molecule has 1 rings (SSSR count). The molecule has 0 spiro atoms. The number of nitrogens with one attached hydrogen (secondary N) is 2. The lowest BCUT2D eigenvalue weighted by Gasteiger charge is -2.32. The monoisotopic (exact) mass is 423 g/mol. The van der Waals surface area contributed by atoms with Gasteiger partial charge in [-0.3, -0.25) is 9.59 Å². The van der Waals surface area contributed by atoms with E-state index in [4.69, 9.17) is 4.74 Å². The van der Waals surface area contributed by atoms with Crippen molar-refractivity contribution in [2.45, 2.75) is 59.2 Å². The van der Waals surface area contributed by atoms with E-state index in [-0.39, 0.29) is 23.9 Å². The van der Waals surface area contributed by atoms with Crippen LogP contribution in [0, 0.1) is 6.92 Å². The van der Waals surface area contributed by atoms with Gasteiger partial charge in [0.2, 0.25) is 11.8 Å². The van der Waals surface area contributed by atoms with E-state index in [2.05, 4.69) is 10.6 Å². The number of aryl methyl sites for hydroxylation is 1. The summed E-state index contributed by atoms with van der Waals surface area (Å²) in [7, 11) is 0. The first-order valence-electron chi connectivity index (χ1n) is 9.83. The van der Waals surface area contributed by atoms with Gasteiger partial charge in [0.1, 0.15) is 23.9 Å². The summed E-state index contributed by atoms with van der Waals surface area (Å²) in [5, 5.41) is 25.1. The SMILES string of the molecule is Cc1cccc(C(C(=O)NC(C)C)N(CCO)C(=O)CNC(=O)OC(C)(C)C)c1O. The molecule has 9 heteroatoms. The number of aliphatic hydroxyl groups excluding tert-OH is 1. The van der Waals surface area contributed by atoms with Gasteiger partial charge in [-0.2, -0.15) is 0 Å². The van der Waals surface area contributed by atoms with Gasteiger partial charge in [-0.1, -0.05) is 18.2 Å². The van der Waals surface area contributed by atoms with Crippen LogP contribution in [-0.2, 0) is 14.3 Å². The Bertz CT molecular complexity index is 758. The minimum atomic E-state index is -1.19. The Hall–Kier alpha value is -2.81. The number of ether oxygens (including phenoxy) is 1. The molecule has 0 bridgehead atoms. The van der Waals surface area contributed by atoms with Gasteiger partial charge >= 0.3 is 6.09 Å². The minimum Gasteiger partial charge on any atom is -0.507 e. The maximum absolute atomic E-state index is 13.0. The lowest BCUT2D eigenvalue weighted by Crippen LogP contribution is -2.49. The zero-order valence-corrected chi connectivity index (χ0v) is 18.5. The number of phenolic OH excluding ortho intramolecular Hbond substituents is 1. The van der Waals surface area contributed by atoms with E-state index in [1.807, 2.05) is 0 Å². The number of alkyl carbamates (subject to hydrolysis) is 1. The molecule has 0 aliphatic rings. The van der Waals surface area contributed by atoms with Crippen LogP contribution in [0.4, 0.5) is 4.79 Å². The predicted molar refractivity (Wildman–Crippen MR) is 112 cm³/mol. The first kappa shape index (κ1) is 25.2. The van der Waals surface area contributed by atoms with Gasteiger partial charge in [-0.05, 0) is 47.1 Å². The Morgan fingerprint density at radius 1 is 1.20 bits per heavy atom. The fourth-order valence-electron chi connectivity index (χ4n) is 2.79. The molecule has 1 aromatic carbocycles. The second kappa shape index (κ2) is 10.8. The van der Waals surface area contributed by atoms with Gasteiger partial charge in [0, 0.05) is 18.2 Å². The Morgan fingerprint density at radius 2 is 1.83 bits per heavy atom. The third-order valence-electron chi connectivity index (χ3n) is 4.00. The fraction of sp³-hybridized carbons (Fsp3) is 0.571. The lowest BCUT2D eigenvalue weighted by atomic mass is 9.99. The fourth-order valence-corrected chi connectivity index (χ4v) is 2.79. The predicted octanol–water partition coefficient (Wildman–Crippen LogP) is 1.61. The number of carbonyl (C=O) groups is 3. The van der Waals surface area contributed by atoms with Crippen molar-refractivity contribution in [1.29, 1.82) is 0 Å². The largest absolute Gasteiger partial charge is 0.507 e. The Balaban J connectivity index is 3.20. The molecule has 0 radical (unpaired) electrons. The summed E-state index contributed by atoms with van der Waals surface area (Å²) < 4.78 is 5.12.